The normalized spacial score (nSPS) is 10.2. The molecule has 3 aromatic carbocycles. The number of ether oxygens (including phenoxy) is 2. The molecule has 0 saturated heterocycles. The van der Waals surface area contributed by atoms with Crippen molar-refractivity contribution in [1.29, 1.82) is 0 Å². The van der Waals surface area contributed by atoms with Gasteiger partial charge in [0.25, 0.3) is 5.91 Å². The predicted octanol–water partition coefficient (Wildman–Crippen LogP) is 4.61. The van der Waals surface area contributed by atoms with E-state index in [-0.39, 0.29) is 13.2 Å². The molecule has 154 valence electrons. The largest absolute Gasteiger partial charge is 0.482 e. The van der Waals surface area contributed by atoms with Gasteiger partial charge in [-0.1, -0.05) is 30.3 Å². The number of amides is 1. The van der Waals surface area contributed by atoms with E-state index in [0.29, 0.717) is 11.4 Å². The average molecular weight is 404 g/mol. The first-order valence-electron chi connectivity index (χ1n) is 9.57. The Balaban J connectivity index is 1.41. The van der Waals surface area contributed by atoms with Gasteiger partial charge in [0.1, 0.15) is 5.75 Å². The van der Waals surface area contributed by atoms with Crippen molar-refractivity contribution in [3.63, 3.8) is 0 Å². The van der Waals surface area contributed by atoms with Gasteiger partial charge in [-0.05, 0) is 67.4 Å². The van der Waals surface area contributed by atoms with Crippen LogP contribution in [-0.2, 0) is 14.3 Å². The number of hydrogen-bond donors (Lipinski definition) is 2. The molecule has 0 unspecified atom stereocenters. The second kappa shape index (κ2) is 10.1. The van der Waals surface area contributed by atoms with Crippen LogP contribution in [0, 0.1) is 13.8 Å². The third kappa shape index (κ3) is 6.38. The lowest BCUT2D eigenvalue weighted by atomic mass is 10.1. The average Bonchev–Trinajstić information content (AvgIpc) is 2.75. The van der Waals surface area contributed by atoms with Gasteiger partial charge in [0, 0.05) is 17.1 Å². The van der Waals surface area contributed by atoms with Crippen molar-refractivity contribution in [2.75, 3.05) is 23.8 Å². The number of carbonyl (C=O) groups is 2. The Labute approximate surface area is 175 Å². The number of aryl methyl sites for hydroxylation is 2. The van der Waals surface area contributed by atoms with E-state index in [4.69, 9.17) is 9.47 Å². The highest BCUT2D eigenvalue weighted by Crippen LogP contribution is 2.20. The summed E-state index contributed by atoms with van der Waals surface area (Å²) in [5.41, 5.74) is 4.56. The van der Waals surface area contributed by atoms with Gasteiger partial charge in [-0.15, -0.1) is 0 Å². The molecule has 0 aliphatic heterocycles. The molecule has 0 heterocycles. The molecule has 1 amide bonds. The molecule has 3 rings (SSSR count). The number of nitrogens with one attached hydrogen (secondary N) is 2. The summed E-state index contributed by atoms with van der Waals surface area (Å²) in [6.07, 6.45) is 0. The molecular formula is C24H24N2O4. The van der Waals surface area contributed by atoms with Crippen LogP contribution in [0.4, 0.5) is 17.1 Å². The van der Waals surface area contributed by atoms with E-state index >= 15 is 0 Å². The molecule has 6 heteroatoms. The molecule has 0 fully saturated rings. The summed E-state index contributed by atoms with van der Waals surface area (Å²) in [7, 11) is 0. The molecule has 0 bridgehead atoms. The van der Waals surface area contributed by atoms with E-state index in [0.717, 1.165) is 22.5 Å². The smallest absolute Gasteiger partial charge is 0.344 e. The molecule has 0 aliphatic rings. The maximum Gasteiger partial charge on any atom is 0.344 e. The topological polar surface area (TPSA) is 76.7 Å². The second-order valence-electron chi connectivity index (χ2n) is 6.83. The van der Waals surface area contributed by atoms with E-state index in [2.05, 4.69) is 10.6 Å². The number of hydrogen-bond acceptors (Lipinski definition) is 5. The molecule has 3 aromatic rings. The van der Waals surface area contributed by atoms with Crippen LogP contribution in [0.3, 0.4) is 0 Å². The summed E-state index contributed by atoms with van der Waals surface area (Å²) >= 11 is 0. The van der Waals surface area contributed by atoms with Crippen molar-refractivity contribution in [2.24, 2.45) is 0 Å². The van der Waals surface area contributed by atoms with Crippen LogP contribution < -0.4 is 15.4 Å². The number of carbonyl (C=O) groups excluding carboxylic acids is 2. The maximum absolute atomic E-state index is 12.0. The summed E-state index contributed by atoms with van der Waals surface area (Å²) in [4.78, 5) is 23.9. The van der Waals surface area contributed by atoms with Gasteiger partial charge in [0.2, 0.25) is 0 Å². The lowest BCUT2D eigenvalue weighted by Gasteiger charge is -2.11. The third-order valence-electron chi connectivity index (χ3n) is 4.30. The first-order valence-corrected chi connectivity index (χ1v) is 9.57. The van der Waals surface area contributed by atoms with Crippen molar-refractivity contribution in [1.82, 2.24) is 0 Å². The SMILES string of the molecule is Cc1ccc(C)c(NC(=O)COC(=O)COc2ccc(Nc3ccccc3)cc2)c1. The first-order chi connectivity index (χ1) is 14.5. The minimum atomic E-state index is -0.613. The van der Waals surface area contributed by atoms with Gasteiger partial charge >= 0.3 is 5.97 Å². The zero-order chi connectivity index (χ0) is 21.3. The Kier molecular flexibility index (Phi) is 7.05. The fourth-order valence-electron chi connectivity index (χ4n) is 2.71. The van der Waals surface area contributed by atoms with Crippen molar-refractivity contribution < 1.29 is 19.1 Å². The maximum atomic E-state index is 12.0. The molecule has 0 aromatic heterocycles. The molecular weight excluding hydrogens is 380 g/mol. The Morgan fingerprint density at radius 3 is 2.27 bits per heavy atom. The Morgan fingerprint density at radius 2 is 1.53 bits per heavy atom. The van der Waals surface area contributed by atoms with Gasteiger partial charge in [-0.3, -0.25) is 4.79 Å². The minimum absolute atomic E-state index is 0.276. The van der Waals surface area contributed by atoms with Crippen LogP contribution in [-0.4, -0.2) is 25.1 Å². The lowest BCUT2D eigenvalue weighted by molar-refractivity contribution is -0.149. The highest BCUT2D eigenvalue weighted by molar-refractivity contribution is 5.93. The number of benzene rings is 3. The van der Waals surface area contributed by atoms with Gasteiger partial charge in [0.05, 0.1) is 0 Å². The Bertz CT molecular complexity index is 1000. The van der Waals surface area contributed by atoms with Crippen LogP contribution >= 0.6 is 0 Å². The zero-order valence-corrected chi connectivity index (χ0v) is 17.0. The van der Waals surface area contributed by atoms with Crippen molar-refractivity contribution in [2.45, 2.75) is 13.8 Å². The highest BCUT2D eigenvalue weighted by Gasteiger charge is 2.10. The highest BCUT2D eigenvalue weighted by atomic mass is 16.6. The summed E-state index contributed by atoms with van der Waals surface area (Å²) in [5, 5.41) is 6.01. The molecule has 2 N–H and O–H groups in total. The number of para-hydroxylation sites is 1. The van der Waals surface area contributed by atoms with Crippen molar-refractivity contribution in [3.8, 4) is 5.75 Å². The molecule has 30 heavy (non-hydrogen) atoms. The van der Waals surface area contributed by atoms with Gasteiger partial charge in [-0.2, -0.15) is 0 Å². The van der Waals surface area contributed by atoms with E-state index in [1.165, 1.54) is 0 Å². The lowest BCUT2D eigenvalue weighted by Crippen LogP contribution is -2.24. The van der Waals surface area contributed by atoms with Crippen LogP contribution in [0.15, 0.2) is 72.8 Å². The first kappa shape index (κ1) is 20.9. The fraction of sp³-hybridized carbons (Fsp3) is 0.167. The standard InChI is InChI=1S/C24H24N2O4/c1-17-8-9-18(2)22(14-17)26-23(27)15-30-24(28)16-29-21-12-10-20(11-13-21)25-19-6-4-3-5-7-19/h3-14,25H,15-16H2,1-2H3,(H,26,27). The summed E-state index contributed by atoms with van der Waals surface area (Å²) in [6.45, 7) is 3.20. The molecule has 0 atom stereocenters. The van der Waals surface area contributed by atoms with E-state index < -0.39 is 11.9 Å². The monoisotopic (exact) mass is 404 g/mol. The summed E-state index contributed by atoms with van der Waals surface area (Å²) in [6, 6.07) is 22.8. The molecule has 0 saturated carbocycles. The fourth-order valence-corrected chi connectivity index (χ4v) is 2.71. The van der Waals surface area contributed by atoms with Crippen LogP contribution in [0.5, 0.6) is 5.75 Å². The van der Waals surface area contributed by atoms with Gasteiger partial charge < -0.3 is 20.1 Å². The van der Waals surface area contributed by atoms with Crippen molar-refractivity contribution in [3.05, 3.63) is 83.9 Å². The molecule has 0 spiro atoms. The summed E-state index contributed by atoms with van der Waals surface area (Å²) < 4.78 is 10.4. The summed E-state index contributed by atoms with van der Waals surface area (Å²) in [5.74, 6) is -0.476. The number of esters is 1. The second-order valence-corrected chi connectivity index (χ2v) is 6.83. The van der Waals surface area contributed by atoms with Crippen LogP contribution in [0.25, 0.3) is 0 Å². The minimum Gasteiger partial charge on any atom is -0.482 e. The van der Waals surface area contributed by atoms with Crippen LogP contribution in [0.1, 0.15) is 11.1 Å². The van der Waals surface area contributed by atoms with Crippen LogP contribution in [0.2, 0.25) is 0 Å². The Hall–Kier alpha value is -3.80. The molecule has 0 radical (unpaired) electrons. The van der Waals surface area contributed by atoms with E-state index in [1.54, 1.807) is 12.1 Å². The van der Waals surface area contributed by atoms with E-state index in [9.17, 15) is 9.59 Å². The van der Waals surface area contributed by atoms with Gasteiger partial charge in [0.15, 0.2) is 13.2 Å². The van der Waals surface area contributed by atoms with E-state index in [1.807, 2.05) is 74.5 Å². The zero-order valence-electron chi connectivity index (χ0n) is 17.0. The predicted molar refractivity (Wildman–Crippen MR) is 117 cm³/mol. The molecule has 0 aliphatic carbocycles. The number of anilines is 3. The third-order valence-corrected chi connectivity index (χ3v) is 4.30. The number of rotatable bonds is 8. The van der Waals surface area contributed by atoms with Crippen molar-refractivity contribution >= 4 is 28.9 Å². The quantitative estimate of drug-likeness (QED) is 0.536. The van der Waals surface area contributed by atoms with Gasteiger partial charge in [-0.25, -0.2) is 4.79 Å². The molecule has 6 nitrogen and oxygen atoms in total. The Morgan fingerprint density at radius 1 is 0.833 bits per heavy atom.